The fraction of sp³-hybridized carbons (Fsp3) is 0.625. The third-order valence-corrected chi connectivity index (χ3v) is 4.61. The Labute approximate surface area is 127 Å². The molecular formula is C16H20F4N2. The number of halogens is 4. The molecule has 3 rings (SSSR count). The lowest BCUT2D eigenvalue weighted by Crippen LogP contribution is -2.34. The van der Waals surface area contributed by atoms with Crippen LogP contribution in [0.3, 0.4) is 0 Å². The standard InChI is InChI=1S/C16H20F4N2/c17-13-3-1-12-2-4-15(14(12)7-13)21-8-11-5-6-22(9-11)10-16(18,19)20/h1,3,7,11,15,21H,2,4-6,8-10H2. The van der Waals surface area contributed by atoms with Gasteiger partial charge in [0.15, 0.2) is 0 Å². The van der Waals surface area contributed by atoms with Gasteiger partial charge in [-0.15, -0.1) is 0 Å². The molecule has 1 aliphatic carbocycles. The van der Waals surface area contributed by atoms with Crippen molar-refractivity contribution in [3.05, 3.63) is 35.1 Å². The predicted molar refractivity (Wildman–Crippen MR) is 76.1 cm³/mol. The van der Waals surface area contributed by atoms with E-state index in [9.17, 15) is 17.6 Å². The molecule has 1 aromatic rings. The highest BCUT2D eigenvalue weighted by Crippen LogP contribution is 2.32. The summed E-state index contributed by atoms with van der Waals surface area (Å²) in [6, 6.07) is 5.01. The van der Waals surface area contributed by atoms with Crippen LogP contribution in [0.25, 0.3) is 0 Å². The lowest BCUT2D eigenvalue weighted by Gasteiger charge is -2.19. The molecule has 122 valence electrons. The van der Waals surface area contributed by atoms with Gasteiger partial charge in [-0.3, -0.25) is 4.90 Å². The van der Waals surface area contributed by atoms with Gasteiger partial charge in [-0.1, -0.05) is 6.07 Å². The van der Waals surface area contributed by atoms with Crippen molar-refractivity contribution in [2.45, 2.75) is 31.5 Å². The zero-order chi connectivity index (χ0) is 15.7. The van der Waals surface area contributed by atoms with Crippen molar-refractivity contribution in [3.63, 3.8) is 0 Å². The smallest absolute Gasteiger partial charge is 0.310 e. The van der Waals surface area contributed by atoms with Crippen LogP contribution in [0.5, 0.6) is 0 Å². The summed E-state index contributed by atoms with van der Waals surface area (Å²) in [6.07, 6.45) is -1.48. The third kappa shape index (κ3) is 3.79. The summed E-state index contributed by atoms with van der Waals surface area (Å²) in [5, 5.41) is 3.42. The molecule has 2 aliphatic rings. The number of hydrogen-bond donors (Lipinski definition) is 1. The molecule has 1 N–H and O–H groups in total. The number of nitrogens with one attached hydrogen (secondary N) is 1. The van der Waals surface area contributed by atoms with Gasteiger partial charge in [0.2, 0.25) is 0 Å². The number of alkyl halides is 3. The van der Waals surface area contributed by atoms with E-state index >= 15 is 0 Å². The average molecular weight is 316 g/mol. The summed E-state index contributed by atoms with van der Waals surface area (Å²) in [5.74, 6) is 0.00429. The molecule has 0 amide bonds. The molecular weight excluding hydrogens is 296 g/mol. The summed E-state index contributed by atoms with van der Waals surface area (Å²) >= 11 is 0. The maximum atomic E-state index is 13.3. The van der Waals surface area contributed by atoms with Gasteiger partial charge in [0, 0.05) is 12.6 Å². The summed E-state index contributed by atoms with van der Waals surface area (Å²) < 4.78 is 50.5. The third-order valence-electron chi connectivity index (χ3n) is 4.61. The quantitative estimate of drug-likeness (QED) is 0.858. The van der Waals surface area contributed by atoms with Crippen LogP contribution in [0.4, 0.5) is 17.6 Å². The fourth-order valence-electron chi connectivity index (χ4n) is 3.57. The molecule has 1 aliphatic heterocycles. The number of hydrogen-bond acceptors (Lipinski definition) is 2. The highest BCUT2D eigenvalue weighted by atomic mass is 19.4. The van der Waals surface area contributed by atoms with E-state index in [0.717, 1.165) is 24.8 Å². The van der Waals surface area contributed by atoms with Crippen LogP contribution in [-0.2, 0) is 6.42 Å². The number of aryl methyl sites for hydroxylation is 1. The Balaban J connectivity index is 1.50. The Morgan fingerprint density at radius 1 is 1.23 bits per heavy atom. The molecule has 1 heterocycles. The normalized spacial score (nSPS) is 25.6. The Bertz CT molecular complexity index is 529. The minimum Gasteiger partial charge on any atom is -0.310 e. The molecule has 1 aromatic carbocycles. The lowest BCUT2D eigenvalue weighted by molar-refractivity contribution is -0.143. The van der Waals surface area contributed by atoms with Crippen LogP contribution < -0.4 is 5.32 Å². The van der Waals surface area contributed by atoms with E-state index in [1.165, 1.54) is 16.5 Å². The molecule has 1 saturated heterocycles. The molecule has 0 radical (unpaired) electrons. The van der Waals surface area contributed by atoms with E-state index in [4.69, 9.17) is 0 Å². The molecule has 22 heavy (non-hydrogen) atoms. The summed E-state index contributed by atoms with van der Waals surface area (Å²) in [4.78, 5) is 1.47. The molecule has 2 atom stereocenters. The van der Waals surface area contributed by atoms with Crippen LogP contribution in [0.15, 0.2) is 18.2 Å². The van der Waals surface area contributed by atoms with Crippen molar-refractivity contribution in [3.8, 4) is 0 Å². The second kappa shape index (κ2) is 6.16. The van der Waals surface area contributed by atoms with E-state index < -0.39 is 12.7 Å². The predicted octanol–water partition coefficient (Wildman–Crippen LogP) is 3.29. The first-order chi connectivity index (χ1) is 10.4. The van der Waals surface area contributed by atoms with Crippen molar-refractivity contribution >= 4 is 0 Å². The van der Waals surface area contributed by atoms with Gasteiger partial charge >= 0.3 is 6.18 Å². The first-order valence-electron chi connectivity index (χ1n) is 7.71. The van der Waals surface area contributed by atoms with Gasteiger partial charge in [0.05, 0.1) is 6.54 Å². The maximum Gasteiger partial charge on any atom is 0.401 e. The largest absolute Gasteiger partial charge is 0.401 e. The van der Waals surface area contributed by atoms with E-state index in [2.05, 4.69) is 5.32 Å². The van der Waals surface area contributed by atoms with Gasteiger partial charge in [-0.25, -0.2) is 4.39 Å². The minimum atomic E-state index is -4.12. The second-order valence-electron chi connectivity index (χ2n) is 6.35. The van der Waals surface area contributed by atoms with Crippen molar-refractivity contribution in [2.75, 3.05) is 26.2 Å². The van der Waals surface area contributed by atoms with Crippen molar-refractivity contribution in [2.24, 2.45) is 5.92 Å². The van der Waals surface area contributed by atoms with Gasteiger partial charge in [-0.05, 0) is 61.5 Å². The van der Waals surface area contributed by atoms with Gasteiger partial charge in [0.25, 0.3) is 0 Å². The zero-order valence-corrected chi connectivity index (χ0v) is 12.3. The zero-order valence-electron chi connectivity index (χ0n) is 12.3. The summed E-state index contributed by atoms with van der Waals surface area (Å²) in [7, 11) is 0. The van der Waals surface area contributed by atoms with E-state index in [1.54, 1.807) is 6.07 Å². The molecule has 0 bridgehead atoms. The first-order valence-corrected chi connectivity index (χ1v) is 7.71. The van der Waals surface area contributed by atoms with Gasteiger partial charge in [-0.2, -0.15) is 13.2 Å². The Hall–Kier alpha value is -1.14. The summed E-state index contributed by atoms with van der Waals surface area (Å²) in [6.45, 7) is 0.854. The Morgan fingerprint density at radius 3 is 2.82 bits per heavy atom. The van der Waals surface area contributed by atoms with Crippen LogP contribution >= 0.6 is 0 Å². The number of fused-ring (bicyclic) bond motifs is 1. The van der Waals surface area contributed by atoms with Crippen molar-refractivity contribution < 1.29 is 17.6 Å². The number of rotatable bonds is 4. The highest BCUT2D eigenvalue weighted by Gasteiger charge is 2.34. The number of nitrogens with zero attached hydrogens (tertiary/aromatic N) is 1. The minimum absolute atomic E-state index is 0.127. The van der Waals surface area contributed by atoms with Crippen LogP contribution in [-0.4, -0.2) is 37.3 Å². The SMILES string of the molecule is Fc1ccc2c(c1)C(NCC1CCN(CC(F)(F)F)C1)CC2. The van der Waals surface area contributed by atoms with Gasteiger partial charge < -0.3 is 5.32 Å². The van der Waals surface area contributed by atoms with Crippen LogP contribution in [0, 0.1) is 11.7 Å². The topological polar surface area (TPSA) is 15.3 Å². The lowest BCUT2D eigenvalue weighted by atomic mass is 10.1. The fourth-order valence-corrected chi connectivity index (χ4v) is 3.57. The first kappa shape index (κ1) is 15.7. The van der Waals surface area contributed by atoms with E-state index in [-0.39, 0.29) is 17.8 Å². The molecule has 6 heteroatoms. The van der Waals surface area contributed by atoms with Crippen molar-refractivity contribution in [1.82, 2.24) is 10.2 Å². The molecule has 1 fully saturated rings. The molecule has 0 aromatic heterocycles. The molecule has 2 unspecified atom stereocenters. The maximum absolute atomic E-state index is 13.3. The number of likely N-dealkylation sites (tertiary alicyclic amines) is 1. The van der Waals surface area contributed by atoms with E-state index in [1.807, 2.05) is 6.07 Å². The van der Waals surface area contributed by atoms with Crippen molar-refractivity contribution in [1.29, 1.82) is 0 Å². The molecule has 2 nitrogen and oxygen atoms in total. The van der Waals surface area contributed by atoms with Crippen LogP contribution in [0.2, 0.25) is 0 Å². The second-order valence-corrected chi connectivity index (χ2v) is 6.35. The average Bonchev–Trinajstić information content (AvgIpc) is 3.01. The monoisotopic (exact) mass is 316 g/mol. The molecule has 0 saturated carbocycles. The van der Waals surface area contributed by atoms with Gasteiger partial charge in [0.1, 0.15) is 5.82 Å². The Kier molecular flexibility index (Phi) is 4.41. The Morgan fingerprint density at radius 2 is 2.05 bits per heavy atom. The summed E-state index contributed by atoms with van der Waals surface area (Å²) in [5.41, 5.74) is 2.18. The van der Waals surface area contributed by atoms with Crippen LogP contribution in [0.1, 0.15) is 30.0 Å². The highest BCUT2D eigenvalue weighted by molar-refractivity contribution is 5.34. The van der Waals surface area contributed by atoms with E-state index in [0.29, 0.717) is 19.6 Å². The molecule has 0 spiro atoms. The number of benzene rings is 1.